The molecule has 0 amide bonds. The molecule has 0 aromatic heterocycles. The van der Waals surface area contributed by atoms with Gasteiger partial charge in [0.05, 0.1) is 0 Å². The lowest BCUT2D eigenvalue weighted by Crippen LogP contribution is -2.06. The van der Waals surface area contributed by atoms with E-state index in [0.717, 1.165) is 157 Å². The van der Waals surface area contributed by atoms with Gasteiger partial charge in [0.15, 0.2) is 0 Å². The first-order valence-electron chi connectivity index (χ1n) is 12.5. The largest absolute Gasteiger partial charge is 0.381 e. The van der Waals surface area contributed by atoms with E-state index in [4.69, 9.17) is 33.2 Å². The van der Waals surface area contributed by atoms with Crippen molar-refractivity contribution in [3.63, 3.8) is 0 Å². The summed E-state index contributed by atoms with van der Waals surface area (Å²) in [6, 6.07) is 0. The molecule has 1 saturated heterocycles. The van der Waals surface area contributed by atoms with Gasteiger partial charge in [0.2, 0.25) is 0 Å². The molecule has 1 fully saturated rings. The van der Waals surface area contributed by atoms with Crippen LogP contribution in [0.5, 0.6) is 0 Å². The SMILES string of the molecule is C1CCOCCCOCCCCOCCCOCCCOCCCCOCCCOC1. The average Bonchev–Trinajstić information content (AvgIpc) is 2.78. The zero-order valence-corrected chi connectivity index (χ0v) is 19.8. The first-order chi connectivity index (χ1) is 15.5. The van der Waals surface area contributed by atoms with Crippen molar-refractivity contribution in [1.29, 1.82) is 0 Å². The fraction of sp³-hybridized carbons (Fsp3) is 1.00. The van der Waals surface area contributed by atoms with Gasteiger partial charge >= 0.3 is 0 Å². The Labute approximate surface area is 190 Å². The summed E-state index contributed by atoms with van der Waals surface area (Å²) in [5.41, 5.74) is 0. The molecule has 1 aliphatic rings. The molecule has 0 spiro atoms. The molecule has 0 aromatic carbocycles. The summed E-state index contributed by atoms with van der Waals surface area (Å²) in [4.78, 5) is 0. The Morgan fingerprint density at radius 1 is 0.161 bits per heavy atom. The Hall–Kier alpha value is -0.280. The maximum absolute atomic E-state index is 5.64. The molecule has 186 valence electrons. The molecular weight excluding hydrogens is 400 g/mol. The normalized spacial score (nSPS) is 24.0. The van der Waals surface area contributed by atoms with Crippen LogP contribution in [0, 0.1) is 0 Å². The smallest absolute Gasteiger partial charge is 0.0488 e. The van der Waals surface area contributed by atoms with E-state index in [1.54, 1.807) is 0 Å². The summed E-state index contributed by atoms with van der Waals surface area (Å²) >= 11 is 0. The molecule has 0 bridgehead atoms. The lowest BCUT2D eigenvalue weighted by atomic mass is 10.3. The molecule has 7 nitrogen and oxygen atoms in total. The van der Waals surface area contributed by atoms with Gasteiger partial charge in [0.1, 0.15) is 0 Å². The predicted octanol–water partition coefficient (Wildman–Crippen LogP) is 4.02. The third-order valence-corrected chi connectivity index (χ3v) is 4.79. The van der Waals surface area contributed by atoms with Gasteiger partial charge < -0.3 is 33.2 Å². The summed E-state index contributed by atoms with van der Waals surface area (Å²) in [6.07, 6.45) is 10.1. The van der Waals surface area contributed by atoms with Crippen molar-refractivity contribution < 1.29 is 33.2 Å². The fourth-order valence-electron chi connectivity index (χ4n) is 2.99. The summed E-state index contributed by atoms with van der Waals surface area (Å²) in [6.45, 7) is 11.0. The van der Waals surface area contributed by atoms with E-state index in [2.05, 4.69) is 0 Å². The highest BCUT2D eigenvalue weighted by molar-refractivity contribution is 4.45. The van der Waals surface area contributed by atoms with Gasteiger partial charge in [-0.15, -0.1) is 0 Å². The van der Waals surface area contributed by atoms with Gasteiger partial charge in [-0.05, 0) is 64.2 Å². The van der Waals surface area contributed by atoms with E-state index < -0.39 is 0 Å². The molecule has 1 aliphatic heterocycles. The van der Waals surface area contributed by atoms with E-state index in [0.29, 0.717) is 0 Å². The van der Waals surface area contributed by atoms with E-state index in [9.17, 15) is 0 Å². The van der Waals surface area contributed by atoms with Gasteiger partial charge in [0.25, 0.3) is 0 Å². The maximum atomic E-state index is 5.64. The first-order valence-corrected chi connectivity index (χ1v) is 12.5. The minimum atomic E-state index is 0.758. The highest BCUT2D eigenvalue weighted by Crippen LogP contribution is 1.98. The van der Waals surface area contributed by atoms with Crippen molar-refractivity contribution in [2.75, 3.05) is 92.5 Å². The number of hydrogen-bond acceptors (Lipinski definition) is 7. The van der Waals surface area contributed by atoms with Crippen LogP contribution in [0.2, 0.25) is 0 Å². The van der Waals surface area contributed by atoms with Crippen LogP contribution in [0.15, 0.2) is 0 Å². The molecule has 0 aromatic rings. The molecule has 1 rings (SSSR count). The number of rotatable bonds is 0. The van der Waals surface area contributed by atoms with Crippen LogP contribution < -0.4 is 0 Å². The quantitative estimate of drug-likeness (QED) is 0.555. The molecule has 1 heterocycles. The molecule has 0 N–H and O–H groups in total. The van der Waals surface area contributed by atoms with Crippen LogP contribution in [0.1, 0.15) is 64.2 Å². The molecule has 0 atom stereocenters. The Bertz CT molecular complexity index is 177. The summed E-state index contributed by atoms with van der Waals surface area (Å²) in [5, 5.41) is 0. The minimum absolute atomic E-state index is 0.758. The Kier molecular flexibility index (Phi) is 24.1. The van der Waals surface area contributed by atoms with Crippen LogP contribution in [0.25, 0.3) is 0 Å². The van der Waals surface area contributed by atoms with Gasteiger partial charge in [-0.3, -0.25) is 0 Å². The standard InChI is InChI=1S/C24H48O7/c1-2-12-26-18-8-20-28-14-4-6-16-30-22-10-24-31-23-9-21-29-15-5-3-13-27-19-7-17-25-11-1/h1-24H2. The molecule has 31 heavy (non-hydrogen) atoms. The van der Waals surface area contributed by atoms with E-state index in [-0.39, 0.29) is 0 Å². The van der Waals surface area contributed by atoms with Gasteiger partial charge in [-0.2, -0.15) is 0 Å². The molecule has 0 unspecified atom stereocenters. The maximum Gasteiger partial charge on any atom is 0.0488 e. The van der Waals surface area contributed by atoms with Crippen molar-refractivity contribution >= 4 is 0 Å². The summed E-state index contributed by atoms with van der Waals surface area (Å²) in [5.74, 6) is 0. The molecule has 0 radical (unpaired) electrons. The van der Waals surface area contributed by atoms with Crippen LogP contribution in [-0.4, -0.2) is 92.5 Å². The zero-order chi connectivity index (χ0) is 21.9. The van der Waals surface area contributed by atoms with Crippen LogP contribution in [-0.2, 0) is 33.2 Å². The predicted molar refractivity (Wildman–Crippen MR) is 122 cm³/mol. The average molecular weight is 449 g/mol. The third-order valence-electron chi connectivity index (χ3n) is 4.79. The Morgan fingerprint density at radius 3 is 0.452 bits per heavy atom. The lowest BCUT2D eigenvalue weighted by molar-refractivity contribution is 0.0557. The first kappa shape index (κ1) is 28.8. The second kappa shape index (κ2) is 26.0. The lowest BCUT2D eigenvalue weighted by Gasteiger charge is -2.07. The summed E-state index contributed by atoms with van der Waals surface area (Å²) < 4.78 is 39.5. The molecule has 0 saturated carbocycles. The van der Waals surface area contributed by atoms with E-state index in [1.807, 2.05) is 0 Å². The van der Waals surface area contributed by atoms with Crippen molar-refractivity contribution in [2.24, 2.45) is 0 Å². The van der Waals surface area contributed by atoms with E-state index >= 15 is 0 Å². The molecule has 0 aliphatic carbocycles. The Morgan fingerprint density at radius 2 is 0.290 bits per heavy atom. The van der Waals surface area contributed by atoms with Gasteiger partial charge in [0, 0.05) is 92.5 Å². The van der Waals surface area contributed by atoms with Gasteiger partial charge in [-0.1, -0.05) is 0 Å². The van der Waals surface area contributed by atoms with Crippen LogP contribution in [0.3, 0.4) is 0 Å². The highest BCUT2D eigenvalue weighted by Gasteiger charge is 1.97. The van der Waals surface area contributed by atoms with Crippen LogP contribution >= 0.6 is 0 Å². The summed E-state index contributed by atoms with van der Waals surface area (Å²) in [7, 11) is 0. The molecule has 7 heteroatoms. The van der Waals surface area contributed by atoms with Gasteiger partial charge in [-0.25, -0.2) is 0 Å². The fourth-order valence-corrected chi connectivity index (χ4v) is 2.99. The second-order valence-electron chi connectivity index (χ2n) is 7.82. The number of hydrogen-bond donors (Lipinski definition) is 0. The monoisotopic (exact) mass is 448 g/mol. The Balaban J connectivity index is 2.00. The third kappa shape index (κ3) is 24.2. The van der Waals surface area contributed by atoms with Crippen molar-refractivity contribution in [3.05, 3.63) is 0 Å². The minimum Gasteiger partial charge on any atom is -0.381 e. The second-order valence-corrected chi connectivity index (χ2v) is 7.82. The van der Waals surface area contributed by atoms with Crippen LogP contribution in [0.4, 0.5) is 0 Å². The van der Waals surface area contributed by atoms with E-state index in [1.165, 1.54) is 0 Å². The zero-order valence-electron chi connectivity index (χ0n) is 19.8. The van der Waals surface area contributed by atoms with Crippen molar-refractivity contribution in [2.45, 2.75) is 64.2 Å². The van der Waals surface area contributed by atoms with Crippen molar-refractivity contribution in [1.82, 2.24) is 0 Å². The topological polar surface area (TPSA) is 64.6 Å². The highest BCUT2D eigenvalue weighted by atomic mass is 16.5. The number of ether oxygens (including phenoxy) is 7. The molecular formula is C24H48O7. The van der Waals surface area contributed by atoms with Crippen molar-refractivity contribution in [3.8, 4) is 0 Å².